The van der Waals surface area contributed by atoms with Crippen molar-refractivity contribution in [1.29, 1.82) is 0 Å². The molecule has 0 radical (unpaired) electrons. The molecule has 120 valence electrons. The molecule has 1 N–H and O–H groups in total. The maximum Gasteiger partial charge on any atom is 0.302 e. The van der Waals surface area contributed by atoms with Gasteiger partial charge in [-0.05, 0) is 12.3 Å². The zero-order chi connectivity index (χ0) is 16.3. The molecule has 0 aromatic rings. The van der Waals surface area contributed by atoms with Gasteiger partial charge in [-0.3, -0.25) is 29.3 Å². The van der Waals surface area contributed by atoms with E-state index >= 15 is 0 Å². The van der Waals surface area contributed by atoms with Crippen molar-refractivity contribution in [2.75, 3.05) is 0 Å². The highest BCUT2D eigenvalue weighted by Crippen LogP contribution is 2.28. The van der Waals surface area contributed by atoms with Crippen LogP contribution in [0.3, 0.4) is 0 Å². The van der Waals surface area contributed by atoms with E-state index in [4.69, 9.17) is 4.74 Å². The molecular weight excluding hydrogens is 290 g/mol. The Kier molecular flexibility index (Phi) is 5.05. The fraction of sp³-hybridized carbons (Fsp3) is 0.667. The van der Waals surface area contributed by atoms with E-state index < -0.39 is 18.0 Å². The third kappa shape index (κ3) is 4.22. The van der Waals surface area contributed by atoms with E-state index in [-0.39, 0.29) is 61.4 Å². The van der Waals surface area contributed by atoms with Crippen LogP contribution in [0.1, 0.15) is 45.4 Å². The summed E-state index contributed by atoms with van der Waals surface area (Å²) in [6.45, 7) is 1.29. The fourth-order valence-electron chi connectivity index (χ4n) is 3.07. The summed E-state index contributed by atoms with van der Waals surface area (Å²) in [4.78, 5) is 57.9. The second-order valence-electron chi connectivity index (χ2n) is 5.94. The number of amides is 2. The molecule has 2 fully saturated rings. The summed E-state index contributed by atoms with van der Waals surface area (Å²) in [6.07, 6.45) is 0.690. The molecule has 0 aromatic carbocycles. The van der Waals surface area contributed by atoms with Crippen LogP contribution in [0.5, 0.6) is 0 Å². The second kappa shape index (κ2) is 6.81. The van der Waals surface area contributed by atoms with Crippen LogP contribution in [0, 0.1) is 11.8 Å². The van der Waals surface area contributed by atoms with E-state index in [1.807, 2.05) is 0 Å². The van der Waals surface area contributed by atoms with Gasteiger partial charge in [0.15, 0.2) is 0 Å². The zero-order valence-corrected chi connectivity index (χ0v) is 12.4. The first kappa shape index (κ1) is 16.3. The van der Waals surface area contributed by atoms with E-state index in [1.165, 1.54) is 6.92 Å². The van der Waals surface area contributed by atoms with Crippen LogP contribution in [0.2, 0.25) is 0 Å². The lowest BCUT2D eigenvalue weighted by Gasteiger charge is -2.28. The molecule has 0 aromatic heterocycles. The Hall–Kier alpha value is -2.05. The lowest BCUT2D eigenvalue weighted by molar-refractivity contribution is -0.153. The lowest BCUT2D eigenvalue weighted by Crippen LogP contribution is -2.41. The molecule has 2 atom stereocenters. The second-order valence-corrected chi connectivity index (χ2v) is 5.94. The van der Waals surface area contributed by atoms with Gasteiger partial charge in [-0.25, -0.2) is 0 Å². The van der Waals surface area contributed by atoms with Crippen molar-refractivity contribution >= 4 is 29.4 Å². The largest absolute Gasteiger partial charge is 0.463 e. The number of carbonyl (C=O) groups is 5. The molecule has 2 rings (SSSR count). The monoisotopic (exact) mass is 309 g/mol. The van der Waals surface area contributed by atoms with Gasteiger partial charge < -0.3 is 4.74 Å². The topological polar surface area (TPSA) is 107 Å². The van der Waals surface area contributed by atoms with Crippen molar-refractivity contribution in [1.82, 2.24) is 5.32 Å². The molecule has 2 aliphatic rings. The first-order valence-electron chi connectivity index (χ1n) is 7.40. The Morgan fingerprint density at radius 3 is 2.41 bits per heavy atom. The Balaban J connectivity index is 1.95. The third-order valence-electron chi connectivity index (χ3n) is 4.04. The lowest BCUT2D eigenvalue weighted by atomic mass is 9.79. The van der Waals surface area contributed by atoms with Crippen LogP contribution in [0.15, 0.2) is 0 Å². The van der Waals surface area contributed by atoms with Crippen LogP contribution in [-0.2, 0) is 28.7 Å². The van der Waals surface area contributed by atoms with Crippen LogP contribution in [0.25, 0.3) is 0 Å². The minimum atomic E-state index is -0.793. The maximum absolute atomic E-state index is 12.3. The van der Waals surface area contributed by atoms with Gasteiger partial charge in [0.05, 0.1) is 5.92 Å². The standard InChI is InChI=1S/C15H19NO6/c1-8(17)22-10-2-3-12(18)11(7-10)13(19)4-9-5-14(20)16-15(21)6-9/h9-11H,2-7H2,1H3,(H,16,20,21). The van der Waals surface area contributed by atoms with Gasteiger partial charge in [0.1, 0.15) is 17.7 Å². The molecule has 1 saturated carbocycles. The number of imide groups is 1. The summed E-state index contributed by atoms with van der Waals surface area (Å²) in [7, 11) is 0. The summed E-state index contributed by atoms with van der Waals surface area (Å²) in [5.41, 5.74) is 0. The predicted octanol–water partition coefficient (Wildman–Crippen LogP) is 0.299. The molecule has 1 aliphatic carbocycles. The van der Waals surface area contributed by atoms with Crippen molar-refractivity contribution in [2.45, 2.75) is 51.6 Å². The van der Waals surface area contributed by atoms with Gasteiger partial charge >= 0.3 is 5.97 Å². The Morgan fingerprint density at radius 2 is 1.82 bits per heavy atom. The fourth-order valence-corrected chi connectivity index (χ4v) is 3.07. The van der Waals surface area contributed by atoms with Crippen molar-refractivity contribution in [3.8, 4) is 0 Å². The van der Waals surface area contributed by atoms with Gasteiger partial charge in [-0.2, -0.15) is 0 Å². The molecule has 7 heteroatoms. The smallest absolute Gasteiger partial charge is 0.302 e. The van der Waals surface area contributed by atoms with E-state index in [0.717, 1.165) is 0 Å². The summed E-state index contributed by atoms with van der Waals surface area (Å²) >= 11 is 0. The normalized spacial score (nSPS) is 26.5. The van der Waals surface area contributed by atoms with Gasteiger partial charge in [0.25, 0.3) is 0 Å². The number of ketones is 2. The molecule has 0 bridgehead atoms. The van der Waals surface area contributed by atoms with E-state index in [1.54, 1.807) is 0 Å². The number of ether oxygens (including phenoxy) is 1. The average molecular weight is 309 g/mol. The molecule has 1 aliphatic heterocycles. The van der Waals surface area contributed by atoms with E-state index in [0.29, 0.717) is 6.42 Å². The van der Waals surface area contributed by atoms with E-state index in [2.05, 4.69) is 5.32 Å². The number of rotatable bonds is 4. The van der Waals surface area contributed by atoms with Gasteiger partial charge in [-0.1, -0.05) is 0 Å². The third-order valence-corrected chi connectivity index (χ3v) is 4.04. The van der Waals surface area contributed by atoms with Crippen molar-refractivity contribution < 1.29 is 28.7 Å². The molecule has 2 amide bonds. The number of esters is 1. The highest BCUT2D eigenvalue weighted by atomic mass is 16.5. The number of hydrogen-bond donors (Lipinski definition) is 1. The molecule has 22 heavy (non-hydrogen) atoms. The van der Waals surface area contributed by atoms with Crippen LogP contribution in [0.4, 0.5) is 0 Å². The number of carbonyl (C=O) groups excluding carboxylic acids is 5. The van der Waals surface area contributed by atoms with Crippen LogP contribution in [-0.4, -0.2) is 35.5 Å². The maximum atomic E-state index is 12.3. The van der Waals surface area contributed by atoms with Crippen LogP contribution >= 0.6 is 0 Å². The van der Waals surface area contributed by atoms with Crippen LogP contribution < -0.4 is 5.32 Å². The number of Topliss-reactive ketones (excluding diaryl/α,β-unsaturated/α-hetero) is 2. The minimum absolute atomic E-state index is 0.0301. The molecule has 7 nitrogen and oxygen atoms in total. The van der Waals surface area contributed by atoms with E-state index in [9.17, 15) is 24.0 Å². The quantitative estimate of drug-likeness (QED) is 0.455. The number of hydrogen-bond acceptors (Lipinski definition) is 6. The zero-order valence-electron chi connectivity index (χ0n) is 12.4. The van der Waals surface area contributed by atoms with Crippen molar-refractivity contribution in [3.63, 3.8) is 0 Å². The Labute approximate surface area is 127 Å². The highest BCUT2D eigenvalue weighted by molar-refractivity contribution is 6.04. The molecule has 2 unspecified atom stereocenters. The number of piperidine rings is 1. The summed E-state index contributed by atoms with van der Waals surface area (Å²) < 4.78 is 5.08. The summed E-state index contributed by atoms with van der Waals surface area (Å²) in [5.74, 6) is -2.77. The van der Waals surface area contributed by atoms with Crippen molar-refractivity contribution in [2.24, 2.45) is 11.8 Å². The Bertz CT molecular complexity index is 510. The molecule has 1 saturated heterocycles. The first-order chi connectivity index (χ1) is 10.3. The summed E-state index contributed by atoms with van der Waals surface area (Å²) in [5, 5.41) is 2.19. The summed E-state index contributed by atoms with van der Waals surface area (Å²) in [6, 6.07) is 0. The first-order valence-corrected chi connectivity index (χ1v) is 7.40. The van der Waals surface area contributed by atoms with Gasteiger partial charge in [0, 0.05) is 39.0 Å². The predicted molar refractivity (Wildman–Crippen MR) is 73.4 cm³/mol. The number of nitrogens with one attached hydrogen (secondary N) is 1. The average Bonchev–Trinajstić information content (AvgIpc) is 2.39. The molecular formula is C15H19NO6. The van der Waals surface area contributed by atoms with Gasteiger partial charge in [-0.15, -0.1) is 0 Å². The molecule has 0 spiro atoms. The molecule has 1 heterocycles. The van der Waals surface area contributed by atoms with Crippen molar-refractivity contribution in [3.05, 3.63) is 0 Å². The SMILES string of the molecule is CC(=O)OC1CCC(=O)C(C(=O)CC2CC(=O)NC(=O)C2)C1. The Morgan fingerprint density at radius 1 is 1.18 bits per heavy atom. The minimum Gasteiger partial charge on any atom is -0.463 e. The van der Waals surface area contributed by atoms with Gasteiger partial charge in [0.2, 0.25) is 11.8 Å². The highest BCUT2D eigenvalue weighted by Gasteiger charge is 2.37.